The van der Waals surface area contributed by atoms with Gasteiger partial charge in [-0.3, -0.25) is 5.01 Å². The number of aromatic nitrogens is 4. The average molecular weight is 313 g/mol. The van der Waals surface area contributed by atoms with Gasteiger partial charge in [0.25, 0.3) is 0 Å². The number of aryl methyl sites for hydroxylation is 1. The van der Waals surface area contributed by atoms with Crippen molar-refractivity contribution in [2.45, 2.75) is 0 Å². The van der Waals surface area contributed by atoms with E-state index in [1.807, 2.05) is 21.1 Å². The lowest BCUT2D eigenvalue weighted by atomic mass is 10.4. The molecule has 0 radical (unpaired) electrons. The number of imidazole rings is 1. The first-order valence-electron chi connectivity index (χ1n) is 6.17. The lowest BCUT2D eigenvalue weighted by molar-refractivity contribution is 0.465. The zero-order valence-electron chi connectivity index (χ0n) is 12.9. The fraction of sp³-hybridized carbons (Fsp3) is 0.545. The topological polar surface area (TPSA) is 87.5 Å². The van der Waals surface area contributed by atoms with Crippen LogP contribution >= 0.6 is 0 Å². The molecule has 0 saturated carbocycles. The van der Waals surface area contributed by atoms with E-state index in [1.165, 1.54) is 12.1 Å². The second-order valence-corrected chi connectivity index (χ2v) is 6.98. The van der Waals surface area contributed by atoms with Crippen LogP contribution in [0.15, 0.2) is 6.33 Å². The second-order valence-electron chi connectivity index (χ2n) is 4.99. The third kappa shape index (κ3) is 2.76. The van der Waals surface area contributed by atoms with Crippen LogP contribution in [0.4, 0.5) is 11.8 Å². The van der Waals surface area contributed by atoms with Crippen LogP contribution in [-0.2, 0) is 17.1 Å². The Hall–Kier alpha value is -1.94. The number of nitrogens with zero attached hydrogens (tertiary/aromatic N) is 7. The smallest absolute Gasteiger partial charge is 0.228 e. The molecule has 0 unspecified atom stereocenters. The molecule has 0 aromatic carbocycles. The maximum absolute atomic E-state index is 11.7. The van der Waals surface area contributed by atoms with E-state index in [0.717, 1.165) is 10.7 Å². The summed E-state index contributed by atoms with van der Waals surface area (Å²) in [5.41, 5.74) is 1.18. The molecule has 0 fully saturated rings. The zero-order valence-corrected chi connectivity index (χ0v) is 13.7. The van der Waals surface area contributed by atoms with E-state index in [-0.39, 0.29) is 0 Å². The van der Waals surface area contributed by atoms with E-state index in [9.17, 15) is 8.42 Å². The van der Waals surface area contributed by atoms with E-state index >= 15 is 0 Å². The number of anilines is 2. The average Bonchev–Trinajstić information content (AvgIpc) is 2.76. The molecule has 2 heterocycles. The molecular weight excluding hydrogens is 294 g/mol. The summed E-state index contributed by atoms with van der Waals surface area (Å²) in [4.78, 5) is 14.8. The van der Waals surface area contributed by atoms with E-state index in [2.05, 4.69) is 15.0 Å². The molecular formula is C11H19N7O2S. The van der Waals surface area contributed by atoms with Gasteiger partial charge in [-0.15, -0.1) is 4.41 Å². The lowest BCUT2D eigenvalue weighted by Gasteiger charge is -2.27. The predicted octanol–water partition coefficient (Wildman–Crippen LogP) is -0.328. The van der Waals surface area contributed by atoms with Crippen LogP contribution in [0.2, 0.25) is 0 Å². The molecule has 0 atom stereocenters. The molecule has 0 N–H and O–H groups in total. The second kappa shape index (κ2) is 5.11. The molecule has 0 amide bonds. The van der Waals surface area contributed by atoms with Crippen molar-refractivity contribution in [2.75, 3.05) is 44.4 Å². The lowest BCUT2D eigenvalue weighted by Crippen LogP contribution is -2.41. The molecule has 116 valence electrons. The Morgan fingerprint density at radius 3 is 2.29 bits per heavy atom. The van der Waals surface area contributed by atoms with Gasteiger partial charge in [0.05, 0.1) is 12.6 Å². The Morgan fingerprint density at radius 2 is 1.76 bits per heavy atom. The normalized spacial score (nSPS) is 12.1. The maximum Gasteiger partial charge on any atom is 0.228 e. The molecule has 2 aromatic rings. The Kier molecular flexibility index (Phi) is 3.76. The summed E-state index contributed by atoms with van der Waals surface area (Å²) in [6.45, 7) is 0. The Labute approximate surface area is 123 Å². The maximum atomic E-state index is 11.7. The van der Waals surface area contributed by atoms with E-state index < -0.39 is 10.0 Å². The van der Waals surface area contributed by atoms with Crippen molar-refractivity contribution in [2.24, 2.45) is 7.05 Å². The molecule has 0 aliphatic rings. The largest absolute Gasteiger partial charge is 0.347 e. The van der Waals surface area contributed by atoms with Crippen molar-refractivity contribution < 1.29 is 8.42 Å². The summed E-state index contributed by atoms with van der Waals surface area (Å²) in [6, 6.07) is 0. The molecule has 21 heavy (non-hydrogen) atoms. The number of hydrogen-bond donors (Lipinski definition) is 0. The van der Waals surface area contributed by atoms with Crippen molar-refractivity contribution in [3.05, 3.63) is 6.33 Å². The summed E-state index contributed by atoms with van der Waals surface area (Å²) >= 11 is 0. The molecule has 9 nitrogen and oxygen atoms in total. The van der Waals surface area contributed by atoms with Crippen LogP contribution in [0.25, 0.3) is 11.2 Å². The highest BCUT2D eigenvalue weighted by Crippen LogP contribution is 2.25. The highest BCUT2D eigenvalue weighted by atomic mass is 32.2. The Balaban J connectivity index is 2.67. The van der Waals surface area contributed by atoms with Gasteiger partial charge in [-0.1, -0.05) is 0 Å². The van der Waals surface area contributed by atoms with Gasteiger partial charge in [-0.2, -0.15) is 9.97 Å². The zero-order chi connectivity index (χ0) is 15.9. The molecule has 0 bridgehead atoms. The summed E-state index contributed by atoms with van der Waals surface area (Å²) in [5.74, 6) is 0.909. The third-order valence-electron chi connectivity index (χ3n) is 3.14. The monoisotopic (exact) mass is 313 g/mol. The number of rotatable bonds is 4. The van der Waals surface area contributed by atoms with E-state index in [0.29, 0.717) is 22.9 Å². The fourth-order valence-corrected chi connectivity index (χ4v) is 2.28. The van der Waals surface area contributed by atoms with Gasteiger partial charge in [-0.05, 0) is 0 Å². The van der Waals surface area contributed by atoms with Crippen molar-refractivity contribution in [3.63, 3.8) is 0 Å². The molecule has 0 saturated heterocycles. The predicted molar refractivity (Wildman–Crippen MR) is 81.6 cm³/mol. The summed E-state index contributed by atoms with van der Waals surface area (Å²) in [5, 5.41) is 1.44. The van der Waals surface area contributed by atoms with Gasteiger partial charge in [0.15, 0.2) is 17.0 Å². The van der Waals surface area contributed by atoms with Crippen LogP contribution in [0.5, 0.6) is 0 Å². The highest BCUT2D eigenvalue weighted by molar-refractivity contribution is 7.88. The molecule has 2 aromatic heterocycles. The number of fused-ring (bicyclic) bond motifs is 1. The molecule has 0 aliphatic heterocycles. The SMILES string of the molecule is CN(C)c1nc(N(C)N(C)S(C)(=O)=O)c2ncn(C)c2n1. The van der Waals surface area contributed by atoms with Crippen molar-refractivity contribution in [1.82, 2.24) is 23.9 Å². The summed E-state index contributed by atoms with van der Waals surface area (Å²) in [6.07, 6.45) is 2.75. The minimum Gasteiger partial charge on any atom is -0.347 e. The molecule has 0 aliphatic carbocycles. The third-order valence-corrected chi connectivity index (χ3v) is 4.34. The number of sulfonamides is 1. The van der Waals surface area contributed by atoms with Crippen molar-refractivity contribution in [1.29, 1.82) is 0 Å². The first-order chi connectivity index (χ1) is 9.62. The fourth-order valence-electron chi connectivity index (χ4n) is 1.76. The molecule has 2 rings (SSSR count). The molecule has 0 spiro atoms. The summed E-state index contributed by atoms with van der Waals surface area (Å²) < 4.78 is 26.3. The van der Waals surface area contributed by atoms with E-state index in [4.69, 9.17) is 0 Å². The highest BCUT2D eigenvalue weighted by Gasteiger charge is 2.23. The first kappa shape index (κ1) is 15.4. The van der Waals surface area contributed by atoms with Gasteiger partial charge >= 0.3 is 0 Å². The standard InChI is InChI=1S/C11H19N7O2S/c1-15(2)11-13-9-8(12-7-16(9)3)10(14-11)17(4)18(5)21(6,19)20/h7H,1-6H3. The quantitative estimate of drug-likeness (QED) is 0.714. The van der Waals surface area contributed by atoms with Crippen LogP contribution in [0.3, 0.4) is 0 Å². The first-order valence-corrected chi connectivity index (χ1v) is 8.01. The van der Waals surface area contributed by atoms with Crippen LogP contribution in [-0.4, -0.2) is 66.8 Å². The van der Waals surface area contributed by atoms with Gasteiger partial charge in [-0.25, -0.2) is 13.4 Å². The molecule has 10 heteroatoms. The minimum atomic E-state index is -3.39. The van der Waals surface area contributed by atoms with Gasteiger partial charge in [0, 0.05) is 35.2 Å². The minimum absolute atomic E-state index is 0.428. The Bertz CT molecular complexity index is 768. The van der Waals surface area contributed by atoms with Crippen LogP contribution in [0, 0.1) is 0 Å². The van der Waals surface area contributed by atoms with Crippen LogP contribution < -0.4 is 9.91 Å². The van der Waals surface area contributed by atoms with Gasteiger partial charge in [0.1, 0.15) is 0 Å². The van der Waals surface area contributed by atoms with Gasteiger partial charge < -0.3 is 9.47 Å². The van der Waals surface area contributed by atoms with Gasteiger partial charge in [0.2, 0.25) is 16.0 Å². The number of hydrogen-bond acceptors (Lipinski definition) is 7. The number of hydrazine groups is 1. The van der Waals surface area contributed by atoms with Crippen LogP contribution in [0.1, 0.15) is 0 Å². The van der Waals surface area contributed by atoms with E-state index in [1.54, 1.807) is 22.8 Å². The van der Waals surface area contributed by atoms with Crippen molar-refractivity contribution in [3.8, 4) is 0 Å². The van der Waals surface area contributed by atoms with Crippen molar-refractivity contribution >= 4 is 33.0 Å². The summed E-state index contributed by atoms with van der Waals surface area (Å²) in [7, 11) is 5.15. The Morgan fingerprint density at radius 1 is 1.14 bits per heavy atom.